The Kier molecular flexibility index (Phi) is 5.06. The number of aromatic nitrogens is 2. The average molecular weight is 385 g/mol. The zero-order valence-electron chi connectivity index (χ0n) is 16.1. The highest BCUT2D eigenvalue weighted by molar-refractivity contribution is 7.19. The van der Waals surface area contributed by atoms with Gasteiger partial charge in [-0.2, -0.15) is 0 Å². The number of hydrogen-bond donors (Lipinski definition) is 1. The average Bonchev–Trinajstić information content (AvgIpc) is 3.09. The number of fused-ring (bicyclic) bond motifs is 1. The fourth-order valence-electron chi connectivity index (χ4n) is 2.81. The van der Waals surface area contributed by atoms with E-state index in [2.05, 4.69) is 10.3 Å². The van der Waals surface area contributed by atoms with E-state index in [1.807, 2.05) is 40.8 Å². The number of amides is 1. The molecule has 0 aliphatic heterocycles. The standard InChI is InChI=1S/C20H23N3O3S/c1-12-10-14-16(27-12)11-15(23(14)5)19(25)26-17(13-8-6-7-9-21-13)18(24)22-20(2,3)4/h6-11,17H,1-5H3,(H,22,24)/t17-/m1/s1. The molecule has 1 N–H and O–H groups in total. The van der Waals surface area contributed by atoms with Gasteiger partial charge in [0, 0.05) is 23.7 Å². The Morgan fingerprint density at radius 2 is 2.00 bits per heavy atom. The Bertz CT molecular complexity index is 983. The third-order valence-corrected chi connectivity index (χ3v) is 4.97. The van der Waals surface area contributed by atoms with Gasteiger partial charge in [-0.15, -0.1) is 11.3 Å². The van der Waals surface area contributed by atoms with Crippen LogP contribution in [-0.4, -0.2) is 27.0 Å². The van der Waals surface area contributed by atoms with Crippen LogP contribution in [0.4, 0.5) is 0 Å². The molecule has 0 unspecified atom stereocenters. The topological polar surface area (TPSA) is 73.2 Å². The number of hydrogen-bond acceptors (Lipinski definition) is 5. The van der Waals surface area contributed by atoms with Crippen molar-refractivity contribution < 1.29 is 14.3 Å². The Morgan fingerprint density at radius 3 is 2.59 bits per heavy atom. The number of nitrogens with zero attached hydrogens (tertiary/aromatic N) is 2. The van der Waals surface area contributed by atoms with E-state index < -0.39 is 23.5 Å². The highest BCUT2D eigenvalue weighted by Gasteiger charge is 2.30. The molecule has 3 aromatic heterocycles. The summed E-state index contributed by atoms with van der Waals surface area (Å²) in [6.45, 7) is 7.64. The smallest absolute Gasteiger partial charge is 0.356 e. The first-order chi connectivity index (χ1) is 12.7. The summed E-state index contributed by atoms with van der Waals surface area (Å²) in [5.74, 6) is -0.959. The maximum atomic E-state index is 12.8. The quantitative estimate of drug-likeness (QED) is 0.694. The minimum Gasteiger partial charge on any atom is -0.441 e. The van der Waals surface area contributed by atoms with Crippen molar-refractivity contribution in [3.63, 3.8) is 0 Å². The molecular weight excluding hydrogens is 362 g/mol. The van der Waals surface area contributed by atoms with Crippen molar-refractivity contribution in [3.05, 3.63) is 52.8 Å². The predicted molar refractivity (Wildman–Crippen MR) is 106 cm³/mol. The first-order valence-corrected chi connectivity index (χ1v) is 9.47. The molecule has 3 heterocycles. The van der Waals surface area contributed by atoms with Gasteiger partial charge in [0.05, 0.1) is 15.9 Å². The third-order valence-electron chi connectivity index (χ3n) is 3.98. The molecular formula is C20H23N3O3S. The molecule has 0 aliphatic rings. The summed E-state index contributed by atoms with van der Waals surface area (Å²) in [6.07, 6.45) is 0.453. The van der Waals surface area contributed by atoms with Crippen LogP contribution in [0.3, 0.4) is 0 Å². The second kappa shape index (κ2) is 7.15. The molecule has 7 heteroatoms. The molecule has 0 radical (unpaired) electrons. The second-order valence-electron chi connectivity index (χ2n) is 7.47. The van der Waals surface area contributed by atoms with Gasteiger partial charge >= 0.3 is 5.97 Å². The van der Waals surface area contributed by atoms with Crippen LogP contribution in [0.1, 0.15) is 47.9 Å². The number of aryl methyl sites for hydroxylation is 2. The van der Waals surface area contributed by atoms with Crippen LogP contribution in [0.5, 0.6) is 0 Å². The first kappa shape index (κ1) is 19.1. The number of thiophene rings is 1. The van der Waals surface area contributed by atoms with Gasteiger partial charge in [-0.1, -0.05) is 6.07 Å². The van der Waals surface area contributed by atoms with Gasteiger partial charge in [-0.05, 0) is 52.0 Å². The van der Waals surface area contributed by atoms with Crippen LogP contribution in [0.15, 0.2) is 36.5 Å². The van der Waals surface area contributed by atoms with Crippen molar-refractivity contribution in [2.75, 3.05) is 0 Å². The Morgan fingerprint density at radius 1 is 1.26 bits per heavy atom. The summed E-state index contributed by atoms with van der Waals surface area (Å²) in [7, 11) is 1.82. The van der Waals surface area contributed by atoms with Gasteiger partial charge < -0.3 is 14.6 Å². The molecule has 0 fully saturated rings. The molecule has 0 spiro atoms. The molecule has 142 valence electrons. The molecule has 0 saturated heterocycles. The van der Waals surface area contributed by atoms with E-state index in [9.17, 15) is 9.59 Å². The number of pyridine rings is 1. The van der Waals surface area contributed by atoms with E-state index in [0.29, 0.717) is 11.4 Å². The number of esters is 1. The molecule has 1 atom stereocenters. The summed E-state index contributed by atoms with van der Waals surface area (Å²) in [5.41, 5.74) is 1.31. The van der Waals surface area contributed by atoms with Crippen molar-refractivity contribution in [2.45, 2.75) is 39.3 Å². The zero-order chi connectivity index (χ0) is 19.8. The van der Waals surface area contributed by atoms with E-state index in [0.717, 1.165) is 10.2 Å². The fraction of sp³-hybridized carbons (Fsp3) is 0.350. The number of carbonyl (C=O) groups excluding carboxylic acids is 2. The highest BCUT2D eigenvalue weighted by atomic mass is 32.1. The molecule has 0 bridgehead atoms. The van der Waals surface area contributed by atoms with Crippen molar-refractivity contribution in [2.24, 2.45) is 7.05 Å². The lowest BCUT2D eigenvalue weighted by Crippen LogP contribution is -2.44. The van der Waals surface area contributed by atoms with Crippen molar-refractivity contribution in [1.29, 1.82) is 0 Å². The van der Waals surface area contributed by atoms with Crippen LogP contribution in [-0.2, 0) is 16.6 Å². The zero-order valence-corrected chi connectivity index (χ0v) is 16.9. The summed E-state index contributed by atoms with van der Waals surface area (Å²) in [5, 5.41) is 2.86. The minimum absolute atomic E-state index is 0.388. The lowest BCUT2D eigenvalue weighted by molar-refractivity contribution is -0.132. The third kappa shape index (κ3) is 4.19. The Balaban J connectivity index is 1.90. The van der Waals surface area contributed by atoms with E-state index >= 15 is 0 Å². The summed E-state index contributed by atoms with van der Waals surface area (Å²) < 4.78 is 8.41. The van der Waals surface area contributed by atoms with E-state index in [4.69, 9.17) is 4.74 Å². The molecule has 1 amide bonds. The normalized spacial score (nSPS) is 12.8. The Hall–Kier alpha value is -2.67. The van der Waals surface area contributed by atoms with Crippen LogP contribution < -0.4 is 5.32 Å². The second-order valence-corrected chi connectivity index (χ2v) is 8.76. The molecule has 0 aromatic carbocycles. The van der Waals surface area contributed by atoms with Crippen LogP contribution >= 0.6 is 11.3 Å². The summed E-state index contributed by atoms with van der Waals surface area (Å²) >= 11 is 1.61. The fourth-order valence-corrected chi connectivity index (χ4v) is 3.80. The van der Waals surface area contributed by atoms with Crippen LogP contribution in [0, 0.1) is 6.92 Å². The van der Waals surface area contributed by atoms with Crippen molar-refractivity contribution >= 4 is 33.4 Å². The van der Waals surface area contributed by atoms with E-state index in [1.54, 1.807) is 46.4 Å². The van der Waals surface area contributed by atoms with Gasteiger partial charge in [0.2, 0.25) is 6.10 Å². The first-order valence-electron chi connectivity index (χ1n) is 8.65. The lowest BCUT2D eigenvalue weighted by Gasteiger charge is -2.24. The van der Waals surface area contributed by atoms with Crippen LogP contribution in [0.25, 0.3) is 10.2 Å². The molecule has 0 aliphatic carbocycles. The number of carbonyl (C=O) groups is 2. The maximum absolute atomic E-state index is 12.8. The molecule has 6 nitrogen and oxygen atoms in total. The van der Waals surface area contributed by atoms with E-state index in [1.165, 1.54) is 4.88 Å². The monoisotopic (exact) mass is 385 g/mol. The molecule has 3 aromatic rings. The van der Waals surface area contributed by atoms with Gasteiger partial charge in [0.1, 0.15) is 5.69 Å². The van der Waals surface area contributed by atoms with E-state index in [-0.39, 0.29) is 0 Å². The molecule has 0 saturated carbocycles. The van der Waals surface area contributed by atoms with Gasteiger partial charge in [0.25, 0.3) is 5.91 Å². The SMILES string of the molecule is Cc1cc2c(cc(C(=O)O[C@@H](C(=O)NC(C)(C)C)c3ccccn3)n2C)s1. The number of nitrogens with one attached hydrogen (secondary N) is 1. The predicted octanol–water partition coefficient (Wildman–Crippen LogP) is 3.76. The maximum Gasteiger partial charge on any atom is 0.356 e. The van der Waals surface area contributed by atoms with Crippen LogP contribution in [0.2, 0.25) is 0 Å². The van der Waals surface area contributed by atoms with Gasteiger partial charge in [0.15, 0.2) is 0 Å². The summed E-state index contributed by atoms with van der Waals surface area (Å²) in [4.78, 5) is 30.9. The van der Waals surface area contributed by atoms with Crippen molar-refractivity contribution in [1.82, 2.24) is 14.9 Å². The highest BCUT2D eigenvalue weighted by Crippen LogP contribution is 2.29. The van der Waals surface area contributed by atoms with Crippen molar-refractivity contribution in [3.8, 4) is 0 Å². The summed E-state index contributed by atoms with van der Waals surface area (Å²) in [6, 6.07) is 9.01. The number of ether oxygens (including phenoxy) is 1. The molecule has 3 rings (SSSR count). The number of rotatable bonds is 4. The lowest BCUT2D eigenvalue weighted by atomic mass is 10.1. The Labute approximate surface area is 162 Å². The molecule has 27 heavy (non-hydrogen) atoms. The van der Waals surface area contributed by atoms with Gasteiger partial charge in [-0.3, -0.25) is 9.78 Å². The van der Waals surface area contributed by atoms with Gasteiger partial charge in [-0.25, -0.2) is 4.79 Å². The minimum atomic E-state index is -1.12. The largest absolute Gasteiger partial charge is 0.441 e.